The van der Waals surface area contributed by atoms with Crippen molar-refractivity contribution < 1.29 is 13.3 Å². The Hall–Kier alpha value is -0.560. The van der Waals surface area contributed by atoms with Crippen molar-refractivity contribution >= 4 is 21.6 Å². The molecule has 0 bridgehead atoms. The predicted molar refractivity (Wildman–Crippen MR) is 87.6 cm³/mol. The largest absolute Gasteiger partial charge is 0.264 e. The van der Waals surface area contributed by atoms with Gasteiger partial charge in [-0.25, -0.2) is 0 Å². The fraction of sp³-hybridized carbons (Fsp3) is 0.625. The first-order chi connectivity index (χ1) is 10.7. The Balaban J connectivity index is 1.65. The van der Waals surface area contributed by atoms with Gasteiger partial charge >= 0.3 is 0 Å². The van der Waals surface area contributed by atoms with E-state index in [9.17, 15) is 8.42 Å². The second kappa shape index (κ2) is 5.82. The van der Waals surface area contributed by atoms with E-state index in [2.05, 4.69) is 12.1 Å². The van der Waals surface area contributed by atoms with Crippen LogP contribution in [0.4, 0.5) is 0 Å². The van der Waals surface area contributed by atoms with E-state index in [1.807, 2.05) is 23.3 Å². The summed E-state index contributed by atoms with van der Waals surface area (Å²) in [6.07, 6.45) is 3.92. The van der Waals surface area contributed by atoms with Crippen LogP contribution in [0.5, 0.6) is 0 Å². The van der Waals surface area contributed by atoms with Crippen molar-refractivity contribution in [3.63, 3.8) is 0 Å². The van der Waals surface area contributed by atoms with E-state index in [1.54, 1.807) is 0 Å². The lowest BCUT2D eigenvalue weighted by Crippen LogP contribution is -2.50. The number of rotatable bonds is 2. The first kappa shape index (κ1) is 15.0. The second-order valence-corrected chi connectivity index (χ2v) is 9.98. The van der Waals surface area contributed by atoms with E-state index in [1.165, 1.54) is 5.56 Å². The molecule has 120 valence electrons. The third-order valence-electron chi connectivity index (χ3n) is 5.02. The standard InChI is InChI=1S/C16H21NO3S2/c18-21-10-5-11-22(19)16(21)14-8-4-9-15(14)17(20-16)12-13-6-2-1-3-7-13/h1-3,6-7,14-15H,4-5,8-12H2/t14-,15+,16?,21-,22+/m0/s1. The van der Waals surface area contributed by atoms with Gasteiger partial charge in [-0.05, 0) is 24.8 Å². The van der Waals surface area contributed by atoms with Crippen molar-refractivity contribution in [1.29, 1.82) is 0 Å². The average molecular weight is 339 g/mol. The van der Waals surface area contributed by atoms with Crippen molar-refractivity contribution in [2.75, 3.05) is 11.5 Å². The smallest absolute Gasteiger partial charge is 0.241 e. The van der Waals surface area contributed by atoms with Crippen LogP contribution >= 0.6 is 0 Å². The Morgan fingerprint density at radius 2 is 1.82 bits per heavy atom. The first-order valence-corrected chi connectivity index (χ1v) is 10.6. The summed E-state index contributed by atoms with van der Waals surface area (Å²) >= 11 is 0. The Kier molecular flexibility index (Phi) is 3.97. The molecule has 22 heavy (non-hydrogen) atoms. The lowest BCUT2D eigenvalue weighted by atomic mass is 10.1. The predicted octanol–water partition coefficient (Wildman–Crippen LogP) is 2.16. The molecular formula is C16H21NO3S2. The normalized spacial score (nSPS) is 41.8. The van der Waals surface area contributed by atoms with Crippen LogP contribution in [0.2, 0.25) is 0 Å². The molecule has 0 radical (unpaired) electrons. The molecule has 1 saturated carbocycles. The molecule has 3 aliphatic rings. The third kappa shape index (κ3) is 2.23. The van der Waals surface area contributed by atoms with Crippen molar-refractivity contribution in [2.24, 2.45) is 5.92 Å². The molecule has 4 nitrogen and oxygen atoms in total. The second-order valence-electron chi connectivity index (χ2n) is 6.31. The van der Waals surface area contributed by atoms with Gasteiger partial charge in [-0.1, -0.05) is 36.8 Å². The van der Waals surface area contributed by atoms with Gasteiger partial charge in [0.25, 0.3) is 0 Å². The maximum atomic E-state index is 12.7. The third-order valence-corrected chi connectivity index (χ3v) is 9.48. The molecule has 0 N–H and O–H groups in total. The monoisotopic (exact) mass is 339 g/mol. The topological polar surface area (TPSA) is 46.6 Å². The highest BCUT2D eigenvalue weighted by atomic mass is 32.2. The van der Waals surface area contributed by atoms with E-state index in [-0.39, 0.29) is 12.0 Å². The van der Waals surface area contributed by atoms with Gasteiger partial charge in [-0.15, -0.1) is 0 Å². The Morgan fingerprint density at radius 3 is 2.55 bits per heavy atom. The Labute approximate surface area is 136 Å². The minimum absolute atomic E-state index is 0.151. The van der Waals surface area contributed by atoms with Crippen LogP contribution in [0.15, 0.2) is 30.3 Å². The molecule has 0 amide bonds. The highest BCUT2D eigenvalue weighted by Gasteiger charge is 2.63. The van der Waals surface area contributed by atoms with Gasteiger partial charge in [-0.3, -0.25) is 13.3 Å². The number of hydrogen-bond donors (Lipinski definition) is 0. The molecule has 2 saturated heterocycles. The van der Waals surface area contributed by atoms with E-state index in [4.69, 9.17) is 4.84 Å². The fourth-order valence-corrected chi connectivity index (χ4v) is 8.52. The quantitative estimate of drug-likeness (QED) is 0.828. The van der Waals surface area contributed by atoms with Gasteiger partial charge < -0.3 is 0 Å². The van der Waals surface area contributed by atoms with Gasteiger partial charge in [0.2, 0.25) is 4.27 Å². The summed E-state index contributed by atoms with van der Waals surface area (Å²) < 4.78 is 24.5. The molecule has 1 aromatic carbocycles. The number of hydrogen-bond acceptors (Lipinski definition) is 4. The molecule has 1 aromatic rings. The first-order valence-electron chi connectivity index (χ1n) is 7.98. The lowest BCUT2D eigenvalue weighted by molar-refractivity contribution is -0.161. The summed E-state index contributed by atoms with van der Waals surface area (Å²) in [5, 5.41) is 1.98. The van der Waals surface area contributed by atoms with Crippen LogP contribution in [0.1, 0.15) is 31.2 Å². The fourth-order valence-electron chi connectivity index (χ4n) is 4.04. The zero-order valence-corrected chi connectivity index (χ0v) is 14.1. The van der Waals surface area contributed by atoms with Crippen LogP contribution in [0.25, 0.3) is 0 Å². The molecule has 5 atom stereocenters. The van der Waals surface area contributed by atoms with Crippen LogP contribution in [0, 0.1) is 5.92 Å². The summed E-state index contributed by atoms with van der Waals surface area (Å²) in [5.74, 6) is 1.39. The van der Waals surface area contributed by atoms with Gasteiger partial charge in [-0.2, -0.15) is 5.06 Å². The van der Waals surface area contributed by atoms with Crippen molar-refractivity contribution in [3.8, 4) is 0 Å². The molecule has 6 heteroatoms. The molecule has 3 fully saturated rings. The molecule has 1 spiro atoms. The van der Waals surface area contributed by atoms with Gasteiger partial charge in [0.15, 0.2) is 0 Å². The maximum Gasteiger partial charge on any atom is 0.241 e. The number of fused-ring (bicyclic) bond motifs is 2. The highest BCUT2D eigenvalue weighted by molar-refractivity contribution is 8.04. The highest BCUT2D eigenvalue weighted by Crippen LogP contribution is 2.51. The van der Waals surface area contributed by atoms with Crippen molar-refractivity contribution in [1.82, 2.24) is 5.06 Å². The van der Waals surface area contributed by atoms with E-state index in [0.717, 1.165) is 25.7 Å². The molecule has 1 unspecified atom stereocenters. The summed E-state index contributed by atoms with van der Waals surface area (Å²) in [6, 6.07) is 10.4. The Morgan fingerprint density at radius 1 is 1.09 bits per heavy atom. The molecular weight excluding hydrogens is 318 g/mol. The van der Waals surface area contributed by atoms with E-state index in [0.29, 0.717) is 18.1 Å². The van der Waals surface area contributed by atoms with Gasteiger partial charge in [0, 0.05) is 30.0 Å². The maximum absolute atomic E-state index is 12.7. The summed E-state index contributed by atoms with van der Waals surface area (Å²) in [4.78, 5) is 6.22. The van der Waals surface area contributed by atoms with Crippen LogP contribution < -0.4 is 0 Å². The Bertz CT molecular complexity index is 591. The lowest BCUT2D eigenvalue weighted by Gasteiger charge is -2.34. The molecule has 4 rings (SSSR count). The number of hydroxylamine groups is 2. The van der Waals surface area contributed by atoms with Gasteiger partial charge in [0.05, 0.1) is 21.6 Å². The number of benzene rings is 1. The molecule has 2 heterocycles. The summed E-state index contributed by atoms with van der Waals surface area (Å²) in [7, 11) is -2.32. The van der Waals surface area contributed by atoms with Crippen LogP contribution in [0.3, 0.4) is 0 Å². The molecule has 0 aromatic heterocycles. The van der Waals surface area contributed by atoms with Crippen LogP contribution in [-0.4, -0.2) is 35.3 Å². The summed E-state index contributed by atoms with van der Waals surface area (Å²) in [5.41, 5.74) is 1.18. The van der Waals surface area contributed by atoms with Crippen LogP contribution in [-0.2, 0) is 33.0 Å². The van der Waals surface area contributed by atoms with Gasteiger partial charge in [0.1, 0.15) is 0 Å². The minimum atomic E-state index is -1.16. The van der Waals surface area contributed by atoms with E-state index >= 15 is 0 Å². The SMILES string of the molecule is O=[S@@]1CCC[S@](=O)C12ON(Cc1ccccc1)[C@@H]1CCC[C@@H]12. The van der Waals surface area contributed by atoms with E-state index < -0.39 is 25.9 Å². The zero-order chi connectivity index (χ0) is 15.2. The van der Waals surface area contributed by atoms with Crippen molar-refractivity contribution in [3.05, 3.63) is 35.9 Å². The zero-order valence-electron chi connectivity index (χ0n) is 12.5. The minimum Gasteiger partial charge on any atom is -0.264 e. The molecule has 2 aliphatic heterocycles. The van der Waals surface area contributed by atoms with Crippen molar-refractivity contribution in [2.45, 2.75) is 42.5 Å². The summed E-state index contributed by atoms with van der Waals surface area (Å²) in [6.45, 7) is 0.679. The average Bonchev–Trinajstić information content (AvgIpc) is 3.10. The molecule has 1 aliphatic carbocycles. The number of nitrogens with zero attached hydrogens (tertiary/aromatic N) is 1.